The molecule has 0 spiro atoms. The minimum atomic E-state index is -0.858. The van der Waals surface area contributed by atoms with Crippen LogP contribution >= 0.6 is 0 Å². The highest BCUT2D eigenvalue weighted by Crippen LogP contribution is 2.29. The highest BCUT2D eigenvalue weighted by molar-refractivity contribution is 5.96. The molecule has 0 aliphatic heterocycles. The maximum Gasteiger partial charge on any atom is 0.284 e. The van der Waals surface area contributed by atoms with Crippen LogP contribution in [0, 0.1) is 6.92 Å². The van der Waals surface area contributed by atoms with Gasteiger partial charge in [-0.3, -0.25) is 14.3 Å². The summed E-state index contributed by atoms with van der Waals surface area (Å²) in [5.41, 5.74) is 7.71. The van der Waals surface area contributed by atoms with E-state index in [2.05, 4.69) is 10.2 Å². The van der Waals surface area contributed by atoms with E-state index in [1.165, 1.54) is 10.9 Å². The zero-order valence-corrected chi connectivity index (χ0v) is 15.4. The van der Waals surface area contributed by atoms with E-state index >= 15 is 0 Å². The predicted octanol–water partition coefficient (Wildman–Crippen LogP) is 1.14. The van der Waals surface area contributed by atoms with E-state index in [-0.39, 0.29) is 12.2 Å². The van der Waals surface area contributed by atoms with Crippen molar-refractivity contribution in [2.45, 2.75) is 19.8 Å². The Morgan fingerprint density at radius 3 is 2.48 bits per heavy atom. The van der Waals surface area contributed by atoms with Crippen molar-refractivity contribution >= 4 is 5.91 Å². The number of aliphatic hydroxyl groups is 1. The Labute approximate surface area is 155 Å². The molecule has 0 fully saturated rings. The van der Waals surface area contributed by atoms with Crippen LogP contribution in [-0.2, 0) is 7.05 Å². The molecule has 0 saturated carbocycles. The van der Waals surface area contributed by atoms with E-state index in [0.717, 1.165) is 15.8 Å². The van der Waals surface area contributed by atoms with Crippen LogP contribution < -0.4 is 11.3 Å². The lowest BCUT2D eigenvalue weighted by molar-refractivity contribution is 0.0996. The predicted molar refractivity (Wildman–Crippen MR) is 101 cm³/mol. The number of aromatic nitrogens is 4. The normalized spacial score (nSPS) is 12.1. The number of primary amides is 1. The third-order valence-electron chi connectivity index (χ3n) is 4.40. The van der Waals surface area contributed by atoms with Gasteiger partial charge in [-0.25, -0.2) is 0 Å². The zero-order chi connectivity index (χ0) is 19.7. The molecule has 2 heterocycles. The highest BCUT2D eigenvalue weighted by atomic mass is 16.3. The van der Waals surface area contributed by atoms with Crippen LogP contribution in [0.25, 0.3) is 16.9 Å². The summed E-state index contributed by atoms with van der Waals surface area (Å²) in [6, 6.07) is 7.53. The van der Waals surface area contributed by atoms with Crippen LogP contribution in [0.15, 0.2) is 41.5 Å². The van der Waals surface area contributed by atoms with E-state index in [0.29, 0.717) is 16.9 Å². The molecule has 0 radical (unpaired) electrons. The molecular weight excluding hydrogens is 346 g/mol. The third-order valence-corrected chi connectivity index (χ3v) is 4.40. The van der Waals surface area contributed by atoms with Gasteiger partial charge in [0.25, 0.3) is 11.5 Å². The molecule has 1 amide bonds. The van der Waals surface area contributed by atoms with Crippen molar-refractivity contribution in [3.63, 3.8) is 0 Å². The van der Waals surface area contributed by atoms with Crippen molar-refractivity contribution in [3.8, 4) is 16.9 Å². The molecule has 1 aromatic carbocycles. The van der Waals surface area contributed by atoms with Gasteiger partial charge < -0.3 is 10.8 Å². The lowest BCUT2D eigenvalue weighted by Crippen LogP contribution is -2.34. The molecule has 3 N–H and O–H groups in total. The summed E-state index contributed by atoms with van der Waals surface area (Å²) in [5.74, 6) is -1.35. The second-order valence-electron chi connectivity index (χ2n) is 6.54. The number of aliphatic hydroxyl groups excluding tert-OH is 1. The van der Waals surface area contributed by atoms with Gasteiger partial charge in [0.2, 0.25) is 0 Å². The second kappa shape index (κ2) is 7.16. The topological polar surface area (TPSA) is 116 Å². The summed E-state index contributed by atoms with van der Waals surface area (Å²) in [5, 5.41) is 18.2. The number of hydrogen-bond donors (Lipinski definition) is 2. The van der Waals surface area contributed by atoms with Crippen LogP contribution in [0.3, 0.4) is 0 Å². The number of carbonyl (C=O) groups is 1. The Morgan fingerprint density at radius 2 is 1.96 bits per heavy atom. The number of nitrogens with zero attached hydrogens (tertiary/aromatic N) is 4. The lowest BCUT2D eigenvalue weighted by Gasteiger charge is -2.18. The molecule has 0 aliphatic rings. The quantitative estimate of drug-likeness (QED) is 0.701. The van der Waals surface area contributed by atoms with Crippen molar-refractivity contribution in [1.82, 2.24) is 19.6 Å². The Morgan fingerprint density at radius 1 is 1.30 bits per heavy atom. The van der Waals surface area contributed by atoms with Gasteiger partial charge in [0.1, 0.15) is 11.3 Å². The van der Waals surface area contributed by atoms with Gasteiger partial charge in [-0.05, 0) is 6.92 Å². The Balaban J connectivity index is 2.41. The fourth-order valence-electron chi connectivity index (χ4n) is 2.97. The van der Waals surface area contributed by atoms with Crippen LogP contribution in [0.1, 0.15) is 34.3 Å². The maximum absolute atomic E-state index is 13.0. The molecule has 140 valence electrons. The van der Waals surface area contributed by atoms with Gasteiger partial charge >= 0.3 is 0 Å². The molecule has 27 heavy (non-hydrogen) atoms. The van der Waals surface area contributed by atoms with Gasteiger partial charge in [-0.2, -0.15) is 14.9 Å². The first-order valence-electron chi connectivity index (χ1n) is 8.47. The molecule has 1 atom stereocenters. The molecule has 0 saturated heterocycles. The number of aryl methyl sites for hydroxylation is 2. The summed E-state index contributed by atoms with van der Waals surface area (Å²) in [6.07, 6.45) is 3.10. The maximum atomic E-state index is 13.0. The van der Waals surface area contributed by atoms with Crippen LogP contribution in [0.5, 0.6) is 0 Å². The minimum absolute atomic E-state index is 0.175. The molecule has 2 aromatic heterocycles. The fourth-order valence-corrected chi connectivity index (χ4v) is 2.97. The van der Waals surface area contributed by atoms with Crippen LogP contribution in [0.2, 0.25) is 0 Å². The van der Waals surface area contributed by atoms with E-state index in [1.54, 1.807) is 20.2 Å². The summed E-state index contributed by atoms with van der Waals surface area (Å²) < 4.78 is 2.65. The molecule has 0 unspecified atom stereocenters. The van der Waals surface area contributed by atoms with Gasteiger partial charge in [0.05, 0.1) is 18.1 Å². The van der Waals surface area contributed by atoms with Crippen molar-refractivity contribution in [2.24, 2.45) is 12.8 Å². The number of amides is 1. The van der Waals surface area contributed by atoms with E-state index in [9.17, 15) is 14.7 Å². The first-order valence-corrected chi connectivity index (χ1v) is 8.47. The molecule has 8 nitrogen and oxygen atoms in total. The van der Waals surface area contributed by atoms with Gasteiger partial charge in [-0.1, -0.05) is 36.8 Å². The van der Waals surface area contributed by atoms with Crippen molar-refractivity contribution in [1.29, 1.82) is 0 Å². The number of hydrogen-bond acceptors (Lipinski definition) is 5. The Kier molecular flexibility index (Phi) is 4.91. The first-order chi connectivity index (χ1) is 12.8. The van der Waals surface area contributed by atoms with Gasteiger partial charge in [0, 0.05) is 30.7 Å². The van der Waals surface area contributed by atoms with Crippen molar-refractivity contribution in [3.05, 3.63) is 63.7 Å². The number of rotatable bonds is 5. The molecule has 0 bridgehead atoms. The van der Waals surface area contributed by atoms with Gasteiger partial charge in [0.15, 0.2) is 0 Å². The van der Waals surface area contributed by atoms with Crippen LogP contribution in [-0.4, -0.2) is 37.2 Å². The van der Waals surface area contributed by atoms with Crippen LogP contribution in [0.4, 0.5) is 0 Å². The average Bonchev–Trinajstić information content (AvgIpc) is 3.07. The number of carbonyl (C=O) groups excluding carboxylic acids is 1. The minimum Gasteiger partial charge on any atom is -0.396 e. The van der Waals surface area contributed by atoms with E-state index < -0.39 is 17.4 Å². The van der Waals surface area contributed by atoms with Crippen molar-refractivity contribution in [2.75, 3.05) is 6.61 Å². The Hall–Kier alpha value is -3.26. The highest BCUT2D eigenvalue weighted by Gasteiger charge is 2.26. The molecule has 8 heteroatoms. The summed E-state index contributed by atoms with van der Waals surface area (Å²) in [4.78, 5) is 25.1. The lowest BCUT2D eigenvalue weighted by atomic mass is 9.92. The van der Waals surface area contributed by atoms with Gasteiger partial charge in [-0.15, -0.1) is 0 Å². The fraction of sp³-hybridized carbons (Fsp3) is 0.263. The molecular formula is C19H21N5O3. The molecule has 3 aromatic rings. The summed E-state index contributed by atoms with van der Waals surface area (Å²) in [7, 11) is 1.71. The monoisotopic (exact) mass is 367 g/mol. The van der Waals surface area contributed by atoms with E-state index in [4.69, 9.17) is 5.73 Å². The number of benzene rings is 1. The second-order valence-corrected chi connectivity index (χ2v) is 6.54. The SMILES string of the molecule is Cc1ccc(-c2nn(-c3cnn(C)c3)c(=O)c(C(N)=O)c2[C@@H](C)CO)cc1. The van der Waals surface area contributed by atoms with E-state index in [1.807, 2.05) is 31.2 Å². The molecule has 3 rings (SSSR count). The molecule has 0 aliphatic carbocycles. The zero-order valence-electron chi connectivity index (χ0n) is 15.4. The third kappa shape index (κ3) is 3.39. The largest absolute Gasteiger partial charge is 0.396 e. The summed E-state index contributed by atoms with van der Waals surface area (Å²) in [6.45, 7) is 3.42. The first kappa shape index (κ1) is 18.5. The summed E-state index contributed by atoms with van der Waals surface area (Å²) >= 11 is 0. The smallest absolute Gasteiger partial charge is 0.284 e. The average molecular weight is 367 g/mol. The number of nitrogens with two attached hydrogens (primary N) is 1. The van der Waals surface area contributed by atoms with Crippen molar-refractivity contribution < 1.29 is 9.90 Å². The Bertz CT molecular complexity index is 1050. The standard InChI is InChI=1S/C19H21N5O3/c1-11-4-6-13(7-5-11)17-15(12(2)10-25)16(18(20)26)19(27)24(22-17)14-8-21-23(3)9-14/h4-9,12,25H,10H2,1-3H3,(H2,20,26)/t12-/m0/s1.